The third kappa shape index (κ3) is 4.61. The molecule has 0 saturated heterocycles. The second-order valence-electron chi connectivity index (χ2n) is 14.9. The van der Waals surface area contributed by atoms with Crippen LogP contribution in [-0.2, 0) is 5.41 Å². The van der Waals surface area contributed by atoms with Crippen molar-refractivity contribution >= 4 is 43.5 Å². The number of hydrogen-bond acceptors (Lipinski definition) is 3. The largest absolute Gasteiger partial charge is 0.456 e. The van der Waals surface area contributed by atoms with E-state index in [4.69, 9.17) is 14.4 Å². The summed E-state index contributed by atoms with van der Waals surface area (Å²) in [5.41, 5.74) is 14.3. The minimum absolute atomic E-state index is 0.0741. The standard InChI is InChI=1S/C51H34N2O/c1-51(2)43-26-22-33(28-42(43)49-36-15-7-6-12-31(36)21-27-44(49)51)35-24-25-39(38-17-9-8-16-37(35)38)46-30-45(52-50(53-46)32-13-4-3-5-14-32)34-20-23-41-40-18-10-11-19-47(40)54-48(41)29-34/h3-30H,1-2H3. The molecule has 0 unspecified atom stereocenters. The number of aromatic nitrogens is 2. The topological polar surface area (TPSA) is 38.9 Å². The van der Waals surface area contributed by atoms with Crippen molar-refractivity contribution in [2.45, 2.75) is 19.3 Å². The van der Waals surface area contributed by atoms with Crippen LogP contribution in [0.1, 0.15) is 25.0 Å². The highest BCUT2D eigenvalue weighted by Crippen LogP contribution is 2.52. The van der Waals surface area contributed by atoms with Crippen LogP contribution in [0.5, 0.6) is 0 Å². The Hall–Kier alpha value is -6.84. The molecule has 3 nitrogen and oxygen atoms in total. The first-order valence-corrected chi connectivity index (χ1v) is 18.6. The smallest absolute Gasteiger partial charge is 0.160 e. The van der Waals surface area contributed by atoms with Gasteiger partial charge < -0.3 is 4.42 Å². The van der Waals surface area contributed by atoms with E-state index in [2.05, 4.69) is 153 Å². The zero-order chi connectivity index (χ0) is 36.0. The van der Waals surface area contributed by atoms with Crippen LogP contribution in [0.4, 0.5) is 0 Å². The number of para-hydroxylation sites is 1. The van der Waals surface area contributed by atoms with E-state index in [0.717, 1.165) is 55.4 Å². The van der Waals surface area contributed by atoms with Gasteiger partial charge in [0.1, 0.15) is 11.2 Å². The van der Waals surface area contributed by atoms with Gasteiger partial charge >= 0.3 is 0 Å². The lowest BCUT2D eigenvalue weighted by atomic mass is 9.81. The van der Waals surface area contributed by atoms with Gasteiger partial charge in [-0.2, -0.15) is 0 Å². The van der Waals surface area contributed by atoms with Crippen LogP contribution in [-0.4, -0.2) is 9.97 Å². The molecular formula is C51H34N2O. The van der Waals surface area contributed by atoms with E-state index in [-0.39, 0.29) is 5.41 Å². The lowest BCUT2D eigenvalue weighted by Gasteiger charge is -2.22. The third-order valence-corrected chi connectivity index (χ3v) is 11.5. The molecule has 0 aliphatic heterocycles. The summed E-state index contributed by atoms with van der Waals surface area (Å²) in [5.74, 6) is 0.688. The number of furan rings is 1. The molecule has 0 fully saturated rings. The number of hydrogen-bond donors (Lipinski definition) is 0. The normalized spacial score (nSPS) is 13.1. The summed E-state index contributed by atoms with van der Waals surface area (Å²) in [4.78, 5) is 10.4. The van der Waals surface area contributed by atoms with Crippen LogP contribution < -0.4 is 0 Å². The van der Waals surface area contributed by atoms with Gasteiger partial charge in [-0.25, -0.2) is 9.97 Å². The molecular weight excluding hydrogens is 657 g/mol. The van der Waals surface area contributed by atoms with Crippen molar-refractivity contribution in [2.75, 3.05) is 0 Å². The number of fused-ring (bicyclic) bond motifs is 9. The number of nitrogens with zero attached hydrogens (tertiary/aromatic N) is 2. The maximum absolute atomic E-state index is 6.29. The lowest BCUT2D eigenvalue weighted by molar-refractivity contribution is 0.661. The van der Waals surface area contributed by atoms with E-state index < -0.39 is 0 Å². The zero-order valence-electron chi connectivity index (χ0n) is 30.0. The molecule has 54 heavy (non-hydrogen) atoms. The van der Waals surface area contributed by atoms with Gasteiger partial charge in [0, 0.05) is 32.9 Å². The van der Waals surface area contributed by atoms with Gasteiger partial charge in [-0.15, -0.1) is 0 Å². The van der Waals surface area contributed by atoms with E-state index in [0.29, 0.717) is 5.82 Å². The van der Waals surface area contributed by atoms with Crippen LogP contribution in [0.2, 0.25) is 0 Å². The number of rotatable bonds is 4. The third-order valence-electron chi connectivity index (χ3n) is 11.5. The van der Waals surface area contributed by atoms with Crippen molar-refractivity contribution in [1.82, 2.24) is 9.97 Å². The Morgan fingerprint density at radius 3 is 1.91 bits per heavy atom. The molecule has 2 aromatic heterocycles. The average molecular weight is 691 g/mol. The van der Waals surface area contributed by atoms with E-state index in [9.17, 15) is 0 Å². The Kier molecular flexibility index (Phi) is 6.60. The fraction of sp³-hybridized carbons (Fsp3) is 0.0588. The summed E-state index contributed by atoms with van der Waals surface area (Å²) in [6, 6.07) is 60.6. The van der Waals surface area contributed by atoms with Gasteiger partial charge in [0.2, 0.25) is 0 Å². The first kappa shape index (κ1) is 30.8. The van der Waals surface area contributed by atoms with E-state index >= 15 is 0 Å². The van der Waals surface area contributed by atoms with Gasteiger partial charge in [0.15, 0.2) is 5.82 Å². The minimum atomic E-state index is -0.0741. The molecule has 3 heteroatoms. The Bertz CT molecular complexity index is 3130. The summed E-state index contributed by atoms with van der Waals surface area (Å²) >= 11 is 0. The first-order chi connectivity index (χ1) is 26.5. The van der Waals surface area contributed by atoms with Crippen molar-refractivity contribution in [3.05, 3.63) is 181 Å². The highest BCUT2D eigenvalue weighted by atomic mass is 16.3. The Balaban J connectivity index is 1.09. The molecule has 1 aliphatic carbocycles. The van der Waals surface area contributed by atoms with Crippen LogP contribution >= 0.6 is 0 Å². The molecule has 0 saturated carbocycles. The predicted octanol–water partition coefficient (Wildman–Crippen LogP) is 13.7. The lowest BCUT2D eigenvalue weighted by Crippen LogP contribution is -2.14. The predicted molar refractivity (Wildman–Crippen MR) is 224 cm³/mol. The van der Waals surface area contributed by atoms with Crippen LogP contribution in [0.3, 0.4) is 0 Å². The van der Waals surface area contributed by atoms with Crippen LogP contribution in [0.25, 0.3) is 99.6 Å². The summed E-state index contributed by atoms with van der Waals surface area (Å²) in [6.07, 6.45) is 0. The molecule has 0 atom stereocenters. The van der Waals surface area contributed by atoms with Gasteiger partial charge in [-0.05, 0) is 85.3 Å². The zero-order valence-corrected chi connectivity index (χ0v) is 30.0. The fourth-order valence-electron chi connectivity index (χ4n) is 8.80. The Morgan fingerprint density at radius 1 is 0.407 bits per heavy atom. The van der Waals surface area contributed by atoms with E-state index in [1.807, 2.05) is 30.3 Å². The van der Waals surface area contributed by atoms with E-state index in [1.165, 1.54) is 49.5 Å². The number of benzene rings is 8. The average Bonchev–Trinajstić information content (AvgIpc) is 3.71. The van der Waals surface area contributed by atoms with Crippen molar-refractivity contribution in [3.63, 3.8) is 0 Å². The molecule has 2 heterocycles. The molecule has 0 spiro atoms. The quantitative estimate of drug-likeness (QED) is 0.184. The highest BCUT2D eigenvalue weighted by molar-refractivity contribution is 6.08. The van der Waals surface area contributed by atoms with Crippen molar-refractivity contribution in [2.24, 2.45) is 0 Å². The summed E-state index contributed by atoms with van der Waals surface area (Å²) in [5, 5.41) is 7.14. The van der Waals surface area contributed by atoms with Gasteiger partial charge in [-0.3, -0.25) is 0 Å². The molecule has 1 aliphatic rings. The minimum Gasteiger partial charge on any atom is -0.456 e. The van der Waals surface area contributed by atoms with Crippen molar-refractivity contribution in [3.8, 4) is 56.2 Å². The fourth-order valence-corrected chi connectivity index (χ4v) is 8.80. The monoisotopic (exact) mass is 690 g/mol. The molecule has 254 valence electrons. The molecule has 10 aromatic rings. The summed E-state index contributed by atoms with van der Waals surface area (Å²) < 4.78 is 6.29. The van der Waals surface area contributed by atoms with Crippen molar-refractivity contribution < 1.29 is 4.42 Å². The second kappa shape index (κ2) is 11.6. The molecule has 0 radical (unpaired) electrons. The first-order valence-electron chi connectivity index (χ1n) is 18.6. The van der Waals surface area contributed by atoms with Crippen LogP contribution in [0, 0.1) is 0 Å². The molecule has 0 amide bonds. The van der Waals surface area contributed by atoms with Gasteiger partial charge in [0.05, 0.1) is 11.4 Å². The summed E-state index contributed by atoms with van der Waals surface area (Å²) in [6.45, 7) is 4.70. The Morgan fingerprint density at radius 2 is 1.06 bits per heavy atom. The van der Waals surface area contributed by atoms with Crippen molar-refractivity contribution in [1.29, 1.82) is 0 Å². The maximum atomic E-state index is 6.29. The molecule has 0 N–H and O–H groups in total. The molecule has 0 bridgehead atoms. The van der Waals surface area contributed by atoms with E-state index in [1.54, 1.807) is 0 Å². The molecule has 8 aromatic carbocycles. The molecule has 11 rings (SSSR count). The SMILES string of the molecule is CC1(C)c2ccc(-c3ccc(-c4cc(-c5ccc6c(c5)oc5ccccc56)nc(-c5ccccc5)n4)c4ccccc34)cc2-c2c1ccc1ccccc21. The van der Waals surface area contributed by atoms with Crippen LogP contribution in [0.15, 0.2) is 174 Å². The van der Waals surface area contributed by atoms with Gasteiger partial charge in [0.25, 0.3) is 0 Å². The second-order valence-corrected chi connectivity index (χ2v) is 14.9. The maximum Gasteiger partial charge on any atom is 0.160 e. The Labute approximate surface area is 313 Å². The summed E-state index contributed by atoms with van der Waals surface area (Å²) in [7, 11) is 0. The van der Waals surface area contributed by atoms with Gasteiger partial charge in [-0.1, -0.05) is 153 Å². The highest BCUT2D eigenvalue weighted by Gasteiger charge is 2.36.